The van der Waals surface area contributed by atoms with E-state index in [0.717, 1.165) is 30.0 Å². The standard InChI is InChI=1S/C21H23NO3/c1-24-19-10-8-17(9-11-19)12-13-22(16-20-6-4-14-25-20)15-18-5-2-3-7-21(18)23/h2-11,14,23H,12-13,15-16H2,1H3. The minimum Gasteiger partial charge on any atom is -0.508 e. The first-order chi connectivity index (χ1) is 12.2. The number of methoxy groups -OCH3 is 1. The van der Waals surface area contributed by atoms with E-state index in [1.165, 1.54) is 5.56 Å². The van der Waals surface area contributed by atoms with Crippen LogP contribution in [0.4, 0.5) is 0 Å². The lowest BCUT2D eigenvalue weighted by atomic mass is 10.1. The summed E-state index contributed by atoms with van der Waals surface area (Å²) in [5, 5.41) is 10.1. The maximum atomic E-state index is 10.1. The summed E-state index contributed by atoms with van der Waals surface area (Å²) in [5.41, 5.74) is 2.17. The summed E-state index contributed by atoms with van der Waals surface area (Å²) >= 11 is 0. The molecule has 0 saturated carbocycles. The monoisotopic (exact) mass is 337 g/mol. The molecule has 2 aromatic carbocycles. The van der Waals surface area contributed by atoms with E-state index in [9.17, 15) is 5.11 Å². The first-order valence-electron chi connectivity index (χ1n) is 8.39. The van der Waals surface area contributed by atoms with Gasteiger partial charge in [0.15, 0.2) is 0 Å². The predicted octanol–water partition coefficient (Wildman–Crippen LogP) is 4.24. The molecular weight excluding hydrogens is 314 g/mol. The van der Waals surface area contributed by atoms with Crippen molar-refractivity contribution in [1.29, 1.82) is 0 Å². The average Bonchev–Trinajstić information content (AvgIpc) is 3.15. The maximum absolute atomic E-state index is 10.1. The zero-order chi connectivity index (χ0) is 17.5. The van der Waals surface area contributed by atoms with Crippen LogP contribution in [-0.4, -0.2) is 23.7 Å². The predicted molar refractivity (Wildman–Crippen MR) is 97.6 cm³/mol. The Labute approximate surface area is 148 Å². The zero-order valence-corrected chi connectivity index (χ0v) is 14.4. The third-order valence-corrected chi connectivity index (χ3v) is 4.22. The second kappa shape index (κ2) is 8.40. The van der Waals surface area contributed by atoms with Gasteiger partial charge in [0.2, 0.25) is 0 Å². The molecule has 3 rings (SSSR count). The third-order valence-electron chi connectivity index (χ3n) is 4.22. The lowest BCUT2D eigenvalue weighted by Gasteiger charge is -2.22. The number of phenolic OH excluding ortho intramolecular Hbond substituents is 1. The molecule has 3 aromatic rings. The van der Waals surface area contributed by atoms with Gasteiger partial charge < -0.3 is 14.3 Å². The van der Waals surface area contributed by atoms with Crippen LogP contribution >= 0.6 is 0 Å². The molecule has 0 atom stereocenters. The van der Waals surface area contributed by atoms with Crippen LogP contribution in [0.2, 0.25) is 0 Å². The fraction of sp³-hybridized carbons (Fsp3) is 0.238. The quantitative estimate of drug-likeness (QED) is 0.668. The first-order valence-corrected chi connectivity index (χ1v) is 8.39. The van der Waals surface area contributed by atoms with E-state index in [-0.39, 0.29) is 0 Å². The number of aromatic hydroxyl groups is 1. The Kier molecular flexibility index (Phi) is 5.75. The average molecular weight is 337 g/mol. The molecule has 0 saturated heterocycles. The number of nitrogens with zero attached hydrogens (tertiary/aromatic N) is 1. The first kappa shape index (κ1) is 17.1. The van der Waals surface area contributed by atoms with Gasteiger partial charge in [-0.2, -0.15) is 0 Å². The van der Waals surface area contributed by atoms with E-state index in [2.05, 4.69) is 17.0 Å². The van der Waals surface area contributed by atoms with Crippen LogP contribution in [-0.2, 0) is 19.5 Å². The van der Waals surface area contributed by atoms with Gasteiger partial charge in [0.05, 0.1) is 19.9 Å². The number of rotatable bonds is 8. The number of para-hydroxylation sites is 1. The van der Waals surface area contributed by atoms with Crippen molar-refractivity contribution < 1.29 is 14.3 Å². The van der Waals surface area contributed by atoms with Gasteiger partial charge >= 0.3 is 0 Å². The van der Waals surface area contributed by atoms with Crippen LogP contribution in [0, 0.1) is 0 Å². The van der Waals surface area contributed by atoms with Crippen molar-refractivity contribution >= 4 is 0 Å². The smallest absolute Gasteiger partial charge is 0.120 e. The van der Waals surface area contributed by atoms with Crippen LogP contribution in [0.5, 0.6) is 11.5 Å². The van der Waals surface area contributed by atoms with Crippen LogP contribution in [0.1, 0.15) is 16.9 Å². The van der Waals surface area contributed by atoms with E-state index in [4.69, 9.17) is 9.15 Å². The second-order valence-corrected chi connectivity index (χ2v) is 6.02. The summed E-state index contributed by atoms with van der Waals surface area (Å²) in [5.74, 6) is 2.12. The summed E-state index contributed by atoms with van der Waals surface area (Å²) in [7, 11) is 1.67. The Morgan fingerprint density at radius 1 is 0.960 bits per heavy atom. The lowest BCUT2D eigenvalue weighted by molar-refractivity contribution is 0.235. The highest BCUT2D eigenvalue weighted by atomic mass is 16.5. The second-order valence-electron chi connectivity index (χ2n) is 6.02. The summed E-state index contributed by atoms with van der Waals surface area (Å²) in [6.07, 6.45) is 2.61. The summed E-state index contributed by atoms with van der Waals surface area (Å²) in [6.45, 7) is 2.24. The van der Waals surface area contributed by atoms with Gasteiger partial charge in [0.1, 0.15) is 17.3 Å². The number of hydrogen-bond acceptors (Lipinski definition) is 4. The molecule has 4 heteroatoms. The lowest BCUT2D eigenvalue weighted by Crippen LogP contribution is -2.25. The molecule has 1 N–H and O–H groups in total. The number of phenols is 1. The van der Waals surface area contributed by atoms with Crippen molar-refractivity contribution in [1.82, 2.24) is 4.90 Å². The third kappa shape index (κ3) is 4.88. The molecule has 0 amide bonds. The highest BCUT2D eigenvalue weighted by molar-refractivity contribution is 5.31. The van der Waals surface area contributed by atoms with E-state index < -0.39 is 0 Å². The van der Waals surface area contributed by atoms with E-state index >= 15 is 0 Å². The Morgan fingerprint density at radius 3 is 2.44 bits per heavy atom. The van der Waals surface area contributed by atoms with Crippen molar-refractivity contribution in [2.45, 2.75) is 19.5 Å². The van der Waals surface area contributed by atoms with Gasteiger partial charge in [-0.15, -0.1) is 0 Å². The molecule has 0 unspecified atom stereocenters. The highest BCUT2D eigenvalue weighted by Gasteiger charge is 2.11. The van der Waals surface area contributed by atoms with Gasteiger partial charge in [-0.1, -0.05) is 30.3 Å². The number of ether oxygens (including phenoxy) is 1. The number of furan rings is 1. The van der Waals surface area contributed by atoms with Gasteiger partial charge in [0, 0.05) is 18.7 Å². The van der Waals surface area contributed by atoms with Gasteiger partial charge in [-0.3, -0.25) is 4.90 Å². The molecule has 1 aromatic heterocycles. The van der Waals surface area contributed by atoms with E-state index in [1.54, 1.807) is 19.4 Å². The van der Waals surface area contributed by atoms with Crippen LogP contribution in [0.15, 0.2) is 71.3 Å². The molecule has 1 heterocycles. The number of benzene rings is 2. The maximum Gasteiger partial charge on any atom is 0.120 e. The molecule has 0 aliphatic heterocycles. The Bertz CT molecular complexity index is 766. The van der Waals surface area contributed by atoms with Crippen molar-refractivity contribution in [3.05, 3.63) is 83.8 Å². The van der Waals surface area contributed by atoms with E-state index in [0.29, 0.717) is 18.8 Å². The molecule has 0 aliphatic carbocycles. The van der Waals surface area contributed by atoms with Crippen molar-refractivity contribution in [2.75, 3.05) is 13.7 Å². The minimum atomic E-state index is 0.330. The normalized spacial score (nSPS) is 11.0. The highest BCUT2D eigenvalue weighted by Crippen LogP contribution is 2.20. The van der Waals surface area contributed by atoms with Crippen molar-refractivity contribution in [2.24, 2.45) is 0 Å². The van der Waals surface area contributed by atoms with Gasteiger partial charge in [-0.05, 0) is 42.3 Å². The molecule has 25 heavy (non-hydrogen) atoms. The molecule has 130 valence electrons. The molecule has 0 bridgehead atoms. The summed E-state index contributed by atoms with van der Waals surface area (Å²) in [4.78, 5) is 2.28. The zero-order valence-electron chi connectivity index (χ0n) is 14.4. The SMILES string of the molecule is COc1ccc(CCN(Cc2ccco2)Cc2ccccc2O)cc1. The van der Waals surface area contributed by atoms with Crippen LogP contribution in [0.25, 0.3) is 0 Å². The van der Waals surface area contributed by atoms with Crippen LogP contribution < -0.4 is 4.74 Å². The largest absolute Gasteiger partial charge is 0.508 e. The number of hydrogen-bond donors (Lipinski definition) is 1. The fourth-order valence-corrected chi connectivity index (χ4v) is 2.80. The summed E-state index contributed by atoms with van der Waals surface area (Å²) in [6, 6.07) is 19.5. The summed E-state index contributed by atoms with van der Waals surface area (Å²) < 4.78 is 10.7. The molecule has 0 radical (unpaired) electrons. The Hall–Kier alpha value is -2.72. The molecule has 0 spiro atoms. The van der Waals surface area contributed by atoms with Crippen LogP contribution in [0.3, 0.4) is 0 Å². The Balaban J connectivity index is 1.68. The molecule has 4 nitrogen and oxygen atoms in total. The van der Waals surface area contributed by atoms with Gasteiger partial charge in [-0.25, -0.2) is 0 Å². The van der Waals surface area contributed by atoms with E-state index in [1.807, 2.05) is 42.5 Å². The van der Waals surface area contributed by atoms with Gasteiger partial charge in [0.25, 0.3) is 0 Å². The van der Waals surface area contributed by atoms with Crippen molar-refractivity contribution in [3.63, 3.8) is 0 Å². The molecule has 0 fully saturated rings. The minimum absolute atomic E-state index is 0.330. The molecular formula is C21H23NO3. The molecule has 0 aliphatic rings. The topological polar surface area (TPSA) is 45.8 Å². The Morgan fingerprint density at radius 2 is 1.76 bits per heavy atom. The van der Waals surface area contributed by atoms with Crippen molar-refractivity contribution in [3.8, 4) is 11.5 Å². The fourth-order valence-electron chi connectivity index (χ4n) is 2.80.